The summed E-state index contributed by atoms with van der Waals surface area (Å²) in [5.74, 6) is -0.236. The maximum atomic E-state index is 12.3. The van der Waals surface area contributed by atoms with Gasteiger partial charge in [0.25, 0.3) is 5.56 Å². The fraction of sp³-hybridized carbons (Fsp3) is 0.353. The minimum atomic E-state index is -0.473. The monoisotopic (exact) mass is 356 g/mol. The van der Waals surface area contributed by atoms with Gasteiger partial charge in [-0.3, -0.25) is 23.7 Å². The lowest BCUT2D eigenvalue weighted by molar-refractivity contribution is -0.121. The van der Waals surface area contributed by atoms with Gasteiger partial charge in [-0.2, -0.15) is 0 Å². The van der Waals surface area contributed by atoms with Crippen LogP contribution in [0, 0.1) is 6.92 Å². The van der Waals surface area contributed by atoms with Gasteiger partial charge in [0, 0.05) is 32.5 Å². The van der Waals surface area contributed by atoms with E-state index in [4.69, 9.17) is 0 Å². The van der Waals surface area contributed by atoms with Crippen molar-refractivity contribution in [2.45, 2.75) is 19.9 Å². The van der Waals surface area contributed by atoms with E-state index in [-0.39, 0.29) is 23.6 Å². The van der Waals surface area contributed by atoms with E-state index in [0.717, 1.165) is 15.8 Å². The number of aromatic nitrogens is 5. The Morgan fingerprint density at radius 1 is 1.15 bits per heavy atom. The molecule has 1 N–H and O–H groups in total. The molecule has 0 aliphatic rings. The highest BCUT2D eigenvalue weighted by Gasteiger charge is 2.15. The fourth-order valence-electron chi connectivity index (χ4n) is 2.72. The highest BCUT2D eigenvalue weighted by molar-refractivity contribution is 5.78. The number of pyridine rings is 1. The number of nitrogens with zero attached hydrogens (tertiary/aromatic N) is 5. The van der Waals surface area contributed by atoms with Crippen LogP contribution in [0.1, 0.15) is 11.3 Å². The lowest BCUT2D eigenvalue weighted by Crippen LogP contribution is -2.38. The summed E-state index contributed by atoms with van der Waals surface area (Å²) in [6.07, 6.45) is 3.85. The van der Waals surface area contributed by atoms with Crippen molar-refractivity contribution in [3.05, 3.63) is 56.8 Å². The molecule has 136 valence electrons. The fourth-order valence-corrected chi connectivity index (χ4v) is 2.72. The van der Waals surface area contributed by atoms with Crippen molar-refractivity contribution in [3.63, 3.8) is 0 Å². The Morgan fingerprint density at radius 2 is 1.92 bits per heavy atom. The Hall–Kier alpha value is -3.23. The molecule has 0 atom stereocenters. The molecule has 9 heteroatoms. The highest BCUT2D eigenvalue weighted by atomic mass is 16.2. The van der Waals surface area contributed by atoms with Gasteiger partial charge in [-0.25, -0.2) is 9.78 Å². The maximum absolute atomic E-state index is 12.3. The second-order valence-corrected chi connectivity index (χ2v) is 6.16. The molecular formula is C17H20N6O3. The third kappa shape index (κ3) is 3.28. The Balaban J connectivity index is 1.71. The first-order valence-electron chi connectivity index (χ1n) is 8.17. The van der Waals surface area contributed by atoms with E-state index >= 15 is 0 Å². The van der Waals surface area contributed by atoms with E-state index in [1.54, 1.807) is 6.20 Å². The Morgan fingerprint density at radius 3 is 2.62 bits per heavy atom. The average Bonchev–Trinajstić information content (AvgIpc) is 3.03. The van der Waals surface area contributed by atoms with Crippen molar-refractivity contribution in [2.24, 2.45) is 14.1 Å². The van der Waals surface area contributed by atoms with Gasteiger partial charge in [-0.15, -0.1) is 0 Å². The predicted molar refractivity (Wildman–Crippen MR) is 95.9 cm³/mol. The van der Waals surface area contributed by atoms with E-state index in [1.165, 1.54) is 29.6 Å². The Kier molecular flexibility index (Phi) is 4.70. The average molecular weight is 356 g/mol. The maximum Gasteiger partial charge on any atom is 0.332 e. The molecule has 0 radical (unpaired) electrons. The van der Waals surface area contributed by atoms with E-state index in [2.05, 4.69) is 15.3 Å². The van der Waals surface area contributed by atoms with Crippen LogP contribution in [0.3, 0.4) is 0 Å². The van der Waals surface area contributed by atoms with Gasteiger partial charge in [-0.1, -0.05) is 6.07 Å². The lowest BCUT2D eigenvalue weighted by atomic mass is 10.2. The third-order valence-corrected chi connectivity index (χ3v) is 4.24. The van der Waals surface area contributed by atoms with Gasteiger partial charge < -0.3 is 9.88 Å². The number of carbonyl (C=O) groups excluding carboxylic acids is 1. The summed E-state index contributed by atoms with van der Waals surface area (Å²) in [7, 11) is 2.94. The summed E-state index contributed by atoms with van der Waals surface area (Å²) in [5.41, 5.74) is 1.54. The van der Waals surface area contributed by atoms with Crippen molar-refractivity contribution in [1.82, 2.24) is 29.0 Å². The molecule has 0 aliphatic carbocycles. The number of nitrogens with one attached hydrogen (secondary N) is 1. The summed E-state index contributed by atoms with van der Waals surface area (Å²) in [5, 5.41) is 2.82. The van der Waals surface area contributed by atoms with Crippen LogP contribution in [-0.4, -0.2) is 36.1 Å². The van der Waals surface area contributed by atoms with Gasteiger partial charge in [0.1, 0.15) is 6.54 Å². The number of aryl methyl sites for hydroxylation is 2. The summed E-state index contributed by atoms with van der Waals surface area (Å²) in [4.78, 5) is 44.8. The standard InChI is InChI=1S/C17H20N6O3/c1-11-4-5-12(8-19-11)6-7-18-13(24)9-23-10-20-15-14(23)16(25)22(3)17(26)21(15)2/h4-5,8,10H,6-7,9H2,1-3H3,(H,18,24). The lowest BCUT2D eigenvalue weighted by Gasteiger charge is -2.08. The summed E-state index contributed by atoms with van der Waals surface area (Å²) in [6, 6.07) is 3.90. The van der Waals surface area contributed by atoms with Crippen molar-refractivity contribution in [2.75, 3.05) is 6.54 Å². The van der Waals surface area contributed by atoms with Crippen molar-refractivity contribution in [1.29, 1.82) is 0 Å². The molecule has 3 rings (SSSR count). The largest absolute Gasteiger partial charge is 0.354 e. The minimum absolute atomic E-state index is 0.0455. The number of rotatable bonds is 5. The van der Waals surface area contributed by atoms with Crippen LogP contribution < -0.4 is 16.6 Å². The molecule has 9 nitrogen and oxygen atoms in total. The second kappa shape index (κ2) is 6.95. The number of hydrogen-bond donors (Lipinski definition) is 1. The van der Waals surface area contributed by atoms with Crippen LogP contribution in [-0.2, 0) is 31.9 Å². The first kappa shape index (κ1) is 17.6. The van der Waals surface area contributed by atoms with Gasteiger partial charge in [0.15, 0.2) is 11.2 Å². The van der Waals surface area contributed by atoms with Gasteiger partial charge >= 0.3 is 5.69 Å². The second-order valence-electron chi connectivity index (χ2n) is 6.16. The van der Waals surface area contributed by atoms with Crippen LogP contribution in [0.2, 0.25) is 0 Å². The van der Waals surface area contributed by atoms with Crippen LogP contribution in [0.4, 0.5) is 0 Å². The van der Waals surface area contributed by atoms with Gasteiger partial charge in [0.05, 0.1) is 6.33 Å². The normalized spacial score (nSPS) is 11.0. The summed E-state index contributed by atoms with van der Waals surface area (Å²) >= 11 is 0. The minimum Gasteiger partial charge on any atom is -0.354 e. The molecule has 0 fully saturated rings. The topological polar surface area (TPSA) is 104 Å². The SMILES string of the molecule is Cc1ccc(CCNC(=O)Cn2cnc3c2c(=O)n(C)c(=O)n3C)cn1. The molecule has 0 aliphatic heterocycles. The molecule has 3 heterocycles. The van der Waals surface area contributed by atoms with Crippen LogP contribution in [0.25, 0.3) is 11.2 Å². The van der Waals surface area contributed by atoms with E-state index < -0.39 is 11.2 Å². The summed E-state index contributed by atoms with van der Waals surface area (Å²) in [6.45, 7) is 2.34. The first-order valence-corrected chi connectivity index (χ1v) is 8.17. The van der Waals surface area contributed by atoms with Crippen molar-refractivity contribution >= 4 is 17.1 Å². The quantitative estimate of drug-likeness (QED) is 0.663. The van der Waals surface area contributed by atoms with Gasteiger partial charge in [0.2, 0.25) is 5.91 Å². The molecule has 0 bridgehead atoms. The zero-order chi connectivity index (χ0) is 18.8. The molecule has 1 amide bonds. The van der Waals surface area contributed by atoms with Crippen molar-refractivity contribution in [3.8, 4) is 0 Å². The Labute approximate surface area is 148 Å². The van der Waals surface area contributed by atoms with Crippen LogP contribution in [0.15, 0.2) is 34.2 Å². The number of fused-ring (bicyclic) bond motifs is 1. The third-order valence-electron chi connectivity index (χ3n) is 4.24. The molecule has 0 saturated carbocycles. The van der Waals surface area contributed by atoms with Crippen molar-refractivity contribution < 1.29 is 4.79 Å². The molecule has 0 spiro atoms. The highest BCUT2D eigenvalue weighted by Crippen LogP contribution is 2.05. The van der Waals surface area contributed by atoms with Gasteiger partial charge in [-0.05, 0) is 25.0 Å². The van der Waals surface area contributed by atoms with Crippen LogP contribution in [0.5, 0.6) is 0 Å². The molecular weight excluding hydrogens is 336 g/mol. The van der Waals surface area contributed by atoms with E-state index in [9.17, 15) is 14.4 Å². The predicted octanol–water partition coefficient (Wildman–Crippen LogP) is -0.504. The molecule has 0 aromatic carbocycles. The smallest absolute Gasteiger partial charge is 0.332 e. The summed E-state index contributed by atoms with van der Waals surface area (Å²) < 4.78 is 3.75. The number of hydrogen-bond acceptors (Lipinski definition) is 5. The van der Waals surface area contributed by atoms with Crippen LogP contribution >= 0.6 is 0 Å². The number of amides is 1. The first-order chi connectivity index (χ1) is 12.4. The zero-order valence-electron chi connectivity index (χ0n) is 14.9. The number of imidazole rings is 1. The molecule has 0 saturated heterocycles. The zero-order valence-corrected chi connectivity index (χ0v) is 14.9. The molecule has 0 unspecified atom stereocenters. The Bertz CT molecular complexity index is 1070. The van der Waals surface area contributed by atoms with E-state index in [0.29, 0.717) is 13.0 Å². The van der Waals surface area contributed by atoms with E-state index in [1.807, 2.05) is 19.1 Å². The molecule has 26 heavy (non-hydrogen) atoms. The number of carbonyl (C=O) groups is 1. The molecule has 3 aromatic rings. The molecule has 3 aromatic heterocycles.